The number of nitrogens with one attached hydrogen (secondary N) is 2. The SMILES string of the molecule is Cc1cccc(C(=O)NC[C@H]2CC=CN=C2C2=CCNCC2)c1. The molecule has 2 aliphatic rings. The Bertz CT molecular complexity index is 673. The molecule has 0 saturated heterocycles. The molecule has 120 valence electrons. The lowest BCUT2D eigenvalue weighted by Gasteiger charge is -2.25. The van der Waals surface area contributed by atoms with Crippen molar-refractivity contribution in [1.82, 2.24) is 10.6 Å². The molecule has 23 heavy (non-hydrogen) atoms. The van der Waals surface area contributed by atoms with Crippen molar-refractivity contribution in [2.75, 3.05) is 19.6 Å². The second-order valence-corrected chi connectivity index (χ2v) is 6.09. The first kappa shape index (κ1) is 15.7. The molecule has 4 heteroatoms. The average molecular weight is 309 g/mol. The molecule has 2 heterocycles. The van der Waals surface area contributed by atoms with E-state index in [9.17, 15) is 4.79 Å². The molecule has 1 atom stereocenters. The first-order valence-electron chi connectivity index (χ1n) is 8.22. The summed E-state index contributed by atoms with van der Waals surface area (Å²) >= 11 is 0. The molecular weight excluding hydrogens is 286 g/mol. The number of amides is 1. The summed E-state index contributed by atoms with van der Waals surface area (Å²) in [6, 6.07) is 7.69. The lowest BCUT2D eigenvalue weighted by molar-refractivity contribution is 0.0950. The molecule has 3 rings (SSSR count). The van der Waals surface area contributed by atoms with Crippen LogP contribution in [0, 0.1) is 12.8 Å². The van der Waals surface area contributed by atoms with Gasteiger partial charge in [-0.15, -0.1) is 0 Å². The number of benzene rings is 1. The van der Waals surface area contributed by atoms with Crippen LogP contribution in [-0.2, 0) is 0 Å². The standard InChI is InChI=1S/C19H23N3O/c1-14-4-2-5-16(12-14)19(23)22-13-17-6-3-9-21-18(17)15-7-10-20-11-8-15/h2-5,7,9,12,17,20H,6,8,10-11,13H2,1H3,(H,22,23)/t17-/m1/s1. The number of allylic oxidation sites excluding steroid dienone is 1. The predicted molar refractivity (Wildman–Crippen MR) is 93.8 cm³/mol. The monoisotopic (exact) mass is 309 g/mol. The predicted octanol–water partition coefficient (Wildman–Crippen LogP) is 2.62. The topological polar surface area (TPSA) is 53.5 Å². The maximum atomic E-state index is 12.3. The minimum atomic E-state index is -0.0121. The van der Waals surface area contributed by atoms with Crippen molar-refractivity contribution in [3.8, 4) is 0 Å². The van der Waals surface area contributed by atoms with E-state index >= 15 is 0 Å². The third-order valence-corrected chi connectivity index (χ3v) is 4.31. The smallest absolute Gasteiger partial charge is 0.251 e. The first-order valence-corrected chi connectivity index (χ1v) is 8.22. The van der Waals surface area contributed by atoms with Gasteiger partial charge < -0.3 is 10.6 Å². The van der Waals surface area contributed by atoms with E-state index < -0.39 is 0 Å². The van der Waals surface area contributed by atoms with Crippen LogP contribution in [0.3, 0.4) is 0 Å². The van der Waals surface area contributed by atoms with Gasteiger partial charge in [0.2, 0.25) is 0 Å². The van der Waals surface area contributed by atoms with Crippen molar-refractivity contribution >= 4 is 11.6 Å². The highest BCUT2D eigenvalue weighted by Crippen LogP contribution is 2.21. The van der Waals surface area contributed by atoms with Crippen LogP contribution >= 0.6 is 0 Å². The number of nitrogens with zero attached hydrogens (tertiary/aromatic N) is 1. The van der Waals surface area contributed by atoms with Crippen LogP contribution in [-0.4, -0.2) is 31.3 Å². The van der Waals surface area contributed by atoms with Crippen molar-refractivity contribution in [3.63, 3.8) is 0 Å². The molecule has 2 aliphatic heterocycles. The van der Waals surface area contributed by atoms with Crippen LogP contribution in [0.15, 0.2) is 53.2 Å². The van der Waals surface area contributed by atoms with E-state index in [1.807, 2.05) is 37.4 Å². The molecule has 0 saturated carbocycles. The fourth-order valence-electron chi connectivity index (χ4n) is 3.06. The van der Waals surface area contributed by atoms with Crippen LogP contribution in [0.2, 0.25) is 0 Å². The summed E-state index contributed by atoms with van der Waals surface area (Å²) in [5.74, 6) is 0.250. The zero-order chi connectivity index (χ0) is 16.1. The minimum Gasteiger partial charge on any atom is -0.351 e. The molecule has 0 bridgehead atoms. The van der Waals surface area contributed by atoms with Gasteiger partial charge in [-0.05, 0) is 44.0 Å². The summed E-state index contributed by atoms with van der Waals surface area (Å²) in [6.45, 7) is 4.52. The van der Waals surface area contributed by atoms with Crippen molar-refractivity contribution < 1.29 is 4.79 Å². The van der Waals surface area contributed by atoms with Gasteiger partial charge in [-0.25, -0.2) is 0 Å². The summed E-state index contributed by atoms with van der Waals surface area (Å²) in [7, 11) is 0. The van der Waals surface area contributed by atoms with Crippen LogP contribution in [0.1, 0.15) is 28.8 Å². The minimum absolute atomic E-state index is 0.0121. The van der Waals surface area contributed by atoms with Gasteiger partial charge in [0.05, 0.1) is 0 Å². The van der Waals surface area contributed by atoms with Gasteiger partial charge >= 0.3 is 0 Å². The largest absolute Gasteiger partial charge is 0.351 e. The highest BCUT2D eigenvalue weighted by atomic mass is 16.1. The molecule has 2 N–H and O–H groups in total. The molecule has 4 nitrogen and oxygen atoms in total. The first-order chi connectivity index (χ1) is 11.2. The molecule has 0 aromatic heterocycles. The van der Waals surface area contributed by atoms with Gasteiger partial charge in [-0.2, -0.15) is 0 Å². The Hall–Kier alpha value is -2.20. The highest BCUT2D eigenvalue weighted by Gasteiger charge is 2.22. The van der Waals surface area contributed by atoms with Gasteiger partial charge in [0, 0.05) is 36.5 Å². The second-order valence-electron chi connectivity index (χ2n) is 6.09. The third-order valence-electron chi connectivity index (χ3n) is 4.31. The zero-order valence-corrected chi connectivity index (χ0v) is 13.5. The maximum absolute atomic E-state index is 12.3. The van der Waals surface area contributed by atoms with E-state index in [2.05, 4.69) is 27.8 Å². The fraction of sp³-hybridized carbons (Fsp3) is 0.368. The van der Waals surface area contributed by atoms with E-state index in [0.29, 0.717) is 6.54 Å². The van der Waals surface area contributed by atoms with Crippen LogP contribution < -0.4 is 10.6 Å². The van der Waals surface area contributed by atoms with E-state index in [1.165, 1.54) is 5.57 Å². The Kier molecular flexibility index (Phi) is 5.03. The molecule has 1 amide bonds. The van der Waals surface area contributed by atoms with E-state index in [1.54, 1.807) is 0 Å². The lowest BCUT2D eigenvalue weighted by Crippen LogP contribution is -2.35. The Morgan fingerprint density at radius 2 is 2.35 bits per heavy atom. The van der Waals surface area contributed by atoms with Crippen molar-refractivity contribution in [2.24, 2.45) is 10.9 Å². The number of carbonyl (C=O) groups excluding carboxylic acids is 1. The number of hydrogen-bond donors (Lipinski definition) is 2. The van der Waals surface area contributed by atoms with Gasteiger partial charge in [0.1, 0.15) is 0 Å². The van der Waals surface area contributed by atoms with Crippen LogP contribution in [0.25, 0.3) is 0 Å². The zero-order valence-electron chi connectivity index (χ0n) is 13.5. The summed E-state index contributed by atoms with van der Waals surface area (Å²) in [5.41, 5.74) is 4.28. The molecular formula is C19H23N3O. The number of hydrogen-bond acceptors (Lipinski definition) is 3. The number of carbonyl (C=O) groups is 1. The normalized spacial score (nSPS) is 20.7. The molecule has 1 aromatic rings. The van der Waals surface area contributed by atoms with Gasteiger partial charge in [-0.3, -0.25) is 9.79 Å². The number of aliphatic imine (C=N–C) groups is 1. The summed E-state index contributed by atoms with van der Waals surface area (Å²) < 4.78 is 0. The van der Waals surface area contributed by atoms with Crippen LogP contribution in [0.5, 0.6) is 0 Å². The molecule has 0 fully saturated rings. The quantitative estimate of drug-likeness (QED) is 0.898. The number of rotatable bonds is 4. The van der Waals surface area contributed by atoms with Gasteiger partial charge in [0.15, 0.2) is 0 Å². The number of aryl methyl sites for hydroxylation is 1. The van der Waals surface area contributed by atoms with E-state index in [-0.39, 0.29) is 11.8 Å². The van der Waals surface area contributed by atoms with Crippen molar-refractivity contribution in [3.05, 3.63) is 59.3 Å². The molecule has 0 spiro atoms. The Balaban J connectivity index is 1.65. The molecule has 0 radical (unpaired) electrons. The molecule has 0 aliphatic carbocycles. The van der Waals surface area contributed by atoms with Gasteiger partial charge in [0.25, 0.3) is 5.91 Å². The van der Waals surface area contributed by atoms with E-state index in [4.69, 9.17) is 0 Å². The lowest BCUT2D eigenvalue weighted by atomic mass is 9.89. The fourth-order valence-corrected chi connectivity index (χ4v) is 3.06. The summed E-state index contributed by atoms with van der Waals surface area (Å²) in [5, 5.41) is 6.39. The summed E-state index contributed by atoms with van der Waals surface area (Å²) in [4.78, 5) is 16.9. The molecule has 0 unspecified atom stereocenters. The maximum Gasteiger partial charge on any atom is 0.251 e. The van der Waals surface area contributed by atoms with Gasteiger partial charge in [-0.1, -0.05) is 29.8 Å². The Morgan fingerprint density at radius 3 is 3.13 bits per heavy atom. The Labute approximate surface area is 137 Å². The third kappa shape index (κ3) is 3.96. The second kappa shape index (κ2) is 7.38. The molecule has 1 aromatic carbocycles. The average Bonchev–Trinajstić information content (AvgIpc) is 2.60. The Morgan fingerprint density at radius 1 is 1.43 bits per heavy atom. The van der Waals surface area contributed by atoms with Crippen molar-refractivity contribution in [1.29, 1.82) is 0 Å². The van der Waals surface area contributed by atoms with E-state index in [0.717, 1.165) is 42.8 Å². The highest BCUT2D eigenvalue weighted by molar-refractivity contribution is 6.03. The van der Waals surface area contributed by atoms with Crippen molar-refractivity contribution in [2.45, 2.75) is 19.8 Å². The summed E-state index contributed by atoms with van der Waals surface area (Å²) in [6.07, 6.45) is 8.12. The van der Waals surface area contributed by atoms with Crippen LogP contribution in [0.4, 0.5) is 0 Å².